The Morgan fingerprint density at radius 2 is 2.24 bits per heavy atom. The fraction of sp³-hybridized carbons (Fsp3) is 0.385. The average Bonchev–Trinajstić information content (AvgIpc) is 2.90. The van der Waals surface area contributed by atoms with Gasteiger partial charge in [-0.25, -0.2) is 18.2 Å². The highest BCUT2D eigenvalue weighted by Crippen LogP contribution is 2.24. The molecule has 2 heterocycles. The van der Waals surface area contributed by atoms with Crippen LogP contribution in [0, 0.1) is 6.92 Å². The number of carbonyl (C=O) groups excluding carboxylic acids is 1. The van der Waals surface area contributed by atoms with Crippen LogP contribution in [-0.4, -0.2) is 37.0 Å². The lowest BCUT2D eigenvalue weighted by atomic mass is 10.2. The van der Waals surface area contributed by atoms with Crippen LogP contribution >= 0.6 is 11.3 Å². The highest BCUT2D eigenvalue weighted by atomic mass is 32.2. The number of aryl methyl sites for hydroxylation is 1. The maximum atomic E-state index is 11.9. The molecule has 112 valence electrons. The molecule has 1 fully saturated rings. The second-order valence-corrected chi connectivity index (χ2v) is 8.58. The highest BCUT2D eigenvalue weighted by molar-refractivity contribution is 7.91. The minimum absolute atomic E-state index is 0.0213. The molecule has 1 aliphatic rings. The van der Waals surface area contributed by atoms with Crippen LogP contribution in [0.15, 0.2) is 18.2 Å². The number of thiazole rings is 1. The molecule has 1 saturated heterocycles. The zero-order chi connectivity index (χ0) is 15.0. The summed E-state index contributed by atoms with van der Waals surface area (Å²) in [6, 6.07) is 4.83. The zero-order valence-electron chi connectivity index (χ0n) is 11.4. The number of rotatable bonds is 2. The highest BCUT2D eigenvalue weighted by Gasteiger charge is 2.28. The molecular formula is C13H15N3O3S2. The molecule has 1 aromatic heterocycles. The van der Waals surface area contributed by atoms with Gasteiger partial charge in [-0.1, -0.05) is 0 Å². The van der Waals surface area contributed by atoms with E-state index in [2.05, 4.69) is 15.6 Å². The summed E-state index contributed by atoms with van der Waals surface area (Å²) in [6.07, 6.45) is 0.475. The van der Waals surface area contributed by atoms with Gasteiger partial charge < -0.3 is 10.6 Å². The van der Waals surface area contributed by atoms with Crippen LogP contribution in [0.4, 0.5) is 10.5 Å². The number of benzene rings is 1. The predicted octanol–water partition coefficient (Wildman–Crippen LogP) is 1.91. The van der Waals surface area contributed by atoms with Crippen LogP contribution in [0.2, 0.25) is 0 Å². The van der Waals surface area contributed by atoms with Crippen LogP contribution in [0.3, 0.4) is 0 Å². The number of sulfone groups is 1. The Morgan fingerprint density at radius 3 is 2.95 bits per heavy atom. The van der Waals surface area contributed by atoms with Gasteiger partial charge in [-0.3, -0.25) is 0 Å². The molecule has 2 amide bonds. The number of nitrogens with zero attached hydrogens (tertiary/aromatic N) is 1. The Morgan fingerprint density at radius 1 is 1.43 bits per heavy atom. The molecular weight excluding hydrogens is 310 g/mol. The number of hydrogen-bond donors (Lipinski definition) is 2. The van der Waals surface area contributed by atoms with Gasteiger partial charge in [0, 0.05) is 11.7 Å². The van der Waals surface area contributed by atoms with Crippen molar-refractivity contribution in [2.24, 2.45) is 0 Å². The Kier molecular flexibility index (Phi) is 3.58. The maximum Gasteiger partial charge on any atom is 0.319 e. The van der Waals surface area contributed by atoms with E-state index in [0.29, 0.717) is 12.1 Å². The van der Waals surface area contributed by atoms with Crippen molar-refractivity contribution in [2.75, 3.05) is 16.8 Å². The molecule has 0 saturated carbocycles. The lowest BCUT2D eigenvalue weighted by Crippen LogP contribution is -2.38. The normalized spacial score (nSPS) is 20.5. The van der Waals surface area contributed by atoms with E-state index in [4.69, 9.17) is 0 Å². The number of fused-ring (bicyclic) bond motifs is 1. The van der Waals surface area contributed by atoms with Gasteiger partial charge in [-0.2, -0.15) is 0 Å². The summed E-state index contributed by atoms with van der Waals surface area (Å²) in [7, 11) is -2.99. The second kappa shape index (κ2) is 5.27. The molecule has 21 heavy (non-hydrogen) atoms. The largest absolute Gasteiger partial charge is 0.334 e. The van der Waals surface area contributed by atoms with Gasteiger partial charge in [0.25, 0.3) is 0 Å². The quantitative estimate of drug-likeness (QED) is 0.883. The SMILES string of the molecule is Cc1nc2ccc(NC(=O)N[C@@H]3CCS(=O)(=O)C3)cc2s1. The van der Waals surface area contributed by atoms with Crippen molar-refractivity contribution in [3.63, 3.8) is 0 Å². The molecule has 0 radical (unpaired) electrons. The minimum Gasteiger partial charge on any atom is -0.334 e. The van der Waals surface area contributed by atoms with Crippen molar-refractivity contribution in [3.8, 4) is 0 Å². The first-order valence-electron chi connectivity index (χ1n) is 6.56. The van der Waals surface area contributed by atoms with Crippen molar-refractivity contribution in [2.45, 2.75) is 19.4 Å². The van der Waals surface area contributed by atoms with Crippen molar-refractivity contribution >= 4 is 43.1 Å². The fourth-order valence-electron chi connectivity index (χ4n) is 2.38. The summed E-state index contributed by atoms with van der Waals surface area (Å²) >= 11 is 1.56. The van der Waals surface area contributed by atoms with Gasteiger partial charge >= 0.3 is 6.03 Å². The van der Waals surface area contributed by atoms with E-state index in [1.54, 1.807) is 17.4 Å². The third-order valence-electron chi connectivity index (χ3n) is 3.32. The molecule has 2 N–H and O–H groups in total. The van der Waals surface area contributed by atoms with Crippen molar-refractivity contribution in [1.29, 1.82) is 0 Å². The Balaban J connectivity index is 1.66. The second-order valence-electron chi connectivity index (χ2n) is 5.11. The summed E-state index contributed by atoms with van der Waals surface area (Å²) in [5, 5.41) is 6.40. The summed E-state index contributed by atoms with van der Waals surface area (Å²) < 4.78 is 23.7. The van der Waals surface area contributed by atoms with Crippen LogP contribution in [0.5, 0.6) is 0 Å². The van der Waals surface area contributed by atoms with Crippen LogP contribution in [-0.2, 0) is 9.84 Å². The number of urea groups is 1. The number of carbonyl (C=O) groups is 1. The van der Waals surface area contributed by atoms with E-state index in [-0.39, 0.29) is 23.6 Å². The van der Waals surface area contributed by atoms with E-state index < -0.39 is 9.84 Å². The first kappa shape index (κ1) is 14.3. The molecule has 1 aromatic carbocycles. The van der Waals surface area contributed by atoms with Gasteiger partial charge in [-0.15, -0.1) is 11.3 Å². The van der Waals surface area contributed by atoms with Gasteiger partial charge in [0.1, 0.15) is 0 Å². The number of anilines is 1. The molecule has 6 nitrogen and oxygen atoms in total. The Bertz CT molecular complexity index is 798. The van der Waals surface area contributed by atoms with E-state index in [9.17, 15) is 13.2 Å². The Hall–Kier alpha value is -1.67. The lowest BCUT2D eigenvalue weighted by molar-refractivity contribution is 0.249. The number of amides is 2. The monoisotopic (exact) mass is 325 g/mol. The van der Waals surface area contributed by atoms with E-state index in [1.165, 1.54) is 0 Å². The molecule has 8 heteroatoms. The van der Waals surface area contributed by atoms with Crippen molar-refractivity contribution in [1.82, 2.24) is 10.3 Å². The van der Waals surface area contributed by atoms with Gasteiger partial charge in [0.05, 0.1) is 26.7 Å². The standard InChI is InChI=1S/C13H15N3O3S2/c1-8-14-11-3-2-9(6-12(11)20-8)15-13(17)16-10-4-5-21(18,19)7-10/h2-3,6,10H,4-5,7H2,1H3,(H2,15,16,17)/t10-/m1/s1. The van der Waals surface area contributed by atoms with Gasteiger partial charge in [0.2, 0.25) is 0 Å². The summed E-state index contributed by atoms with van der Waals surface area (Å²) in [5.41, 5.74) is 1.58. The Labute approximate surface area is 126 Å². The number of aromatic nitrogens is 1. The third-order valence-corrected chi connectivity index (χ3v) is 6.02. The fourth-order valence-corrected chi connectivity index (χ4v) is 4.92. The molecule has 0 unspecified atom stereocenters. The molecule has 1 atom stereocenters. The van der Waals surface area contributed by atoms with Crippen LogP contribution in [0.25, 0.3) is 10.2 Å². The lowest BCUT2D eigenvalue weighted by Gasteiger charge is -2.12. The van der Waals surface area contributed by atoms with Gasteiger partial charge in [0.15, 0.2) is 9.84 Å². The molecule has 1 aliphatic heterocycles. The predicted molar refractivity (Wildman–Crippen MR) is 83.6 cm³/mol. The summed E-state index contributed by atoms with van der Waals surface area (Å²) in [4.78, 5) is 16.2. The van der Waals surface area contributed by atoms with E-state index in [0.717, 1.165) is 15.2 Å². The minimum atomic E-state index is -2.99. The van der Waals surface area contributed by atoms with Crippen LogP contribution < -0.4 is 10.6 Å². The van der Waals surface area contributed by atoms with Crippen LogP contribution in [0.1, 0.15) is 11.4 Å². The number of hydrogen-bond acceptors (Lipinski definition) is 5. The van der Waals surface area contributed by atoms with Gasteiger partial charge in [-0.05, 0) is 31.5 Å². The molecule has 0 aliphatic carbocycles. The number of nitrogens with one attached hydrogen (secondary N) is 2. The molecule has 0 bridgehead atoms. The summed E-state index contributed by atoms with van der Waals surface area (Å²) in [6.45, 7) is 1.94. The third kappa shape index (κ3) is 3.33. The first-order chi connectivity index (χ1) is 9.91. The first-order valence-corrected chi connectivity index (χ1v) is 9.20. The van der Waals surface area contributed by atoms with Crippen molar-refractivity contribution < 1.29 is 13.2 Å². The topological polar surface area (TPSA) is 88.2 Å². The maximum absolute atomic E-state index is 11.9. The smallest absolute Gasteiger partial charge is 0.319 e. The molecule has 3 rings (SSSR count). The zero-order valence-corrected chi connectivity index (χ0v) is 13.1. The average molecular weight is 325 g/mol. The molecule has 0 spiro atoms. The van der Waals surface area contributed by atoms with Crippen molar-refractivity contribution in [3.05, 3.63) is 23.2 Å². The summed E-state index contributed by atoms with van der Waals surface area (Å²) in [5.74, 6) is 0.164. The van der Waals surface area contributed by atoms with E-state index >= 15 is 0 Å². The molecule has 2 aromatic rings. The van der Waals surface area contributed by atoms with E-state index in [1.807, 2.05) is 19.1 Å².